The van der Waals surface area contributed by atoms with E-state index in [1.54, 1.807) is 0 Å². The maximum Gasteiger partial charge on any atom is 0.277 e. The van der Waals surface area contributed by atoms with E-state index in [4.69, 9.17) is 11.5 Å². The molecule has 1 heterocycles. The maximum absolute atomic E-state index is 11.8. The van der Waals surface area contributed by atoms with Gasteiger partial charge in [-0.3, -0.25) is 35.7 Å². The first-order chi connectivity index (χ1) is 11.7. The van der Waals surface area contributed by atoms with Crippen LogP contribution in [-0.4, -0.2) is 38.6 Å². The summed E-state index contributed by atoms with van der Waals surface area (Å²) in [7, 11) is 0. The predicted molar refractivity (Wildman–Crippen MR) is 90.0 cm³/mol. The lowest BCUT2D eigenvalue weighted by molar-refractivity contribution is -0.125. The lowest BCUT2D eigenvalue weighted by Gasteiger charge is -2.35. The van der Waals surface area contributed by atoms with Crippen LogP contribution in [0.4, 0.5) is 17.8 Å². The fourth-order valence-electron chi connectivity index (χ4n) is 1.53. The van der Waals surface area contributed by atoms with Crippen molar-refractivity contribution >= 4 is 35.6 Å². The van der Waals surface area contributed by atoms with Crippen molar-refractivity contribution in [3.05, 3.63) is 38.0 Å². The Kier molecular flexibility index (Phi) is 6.15. The second-order valence-corrected chi connectivity index (χ2v) is 4.33. The quantitative estimate of drug-likeness (QED) is 0.227. The molecule has 0 radical (unpaired) electrons. The number of amides is 3. The van der Waals surface area contributed by atoms with Crippen molar-refractivity contribution in [3.63, 3.8) is 0 Å². The smallest absolute Gasteiger partial charge is 0.277 e. The minimum atomic E-state index is -2.07. The van der Waals surface area contributed by atoms with Gasteiger partial charge in [0.05, 0.1) is 0 Å². The number of hydrogen-bond donors (Lipinski definition) is 6. The van der Waals surface area contributed by atoms with Gasteiger partial charge in [0.25, 0.3) is 5.91 Å². The normalized spacial score (nSPS) is 10.1. The summed E-state index contributed by atoms with van der Waals surface area (Å²) in [6.45, 7) is 9.88. The van der Waals surface area contributed by atoms with E-state index in [1.165, 1.54) is 0 Å². The zero-order valence-electron chi connectivity index (χ0n) is 13.1. The molecular weight excluding hydrogens is 330 g/mol. The van der Waals surface area contributed by atoms with Gasteiger partial charge in [0.1, 0.15) is 0 Å². The minimum absolute atomic E-state index is 0.232. The summed E-state index contributed by atoms with van der Waals surface area (Å²) >= 11 is 0. The molecule has 8 N–H and O–H groups in total. The summed E-state index contributed by atoms with van der Waals surface area (Å²) in [6, 6.07) is 0. The van der Waals surface area contributed by atoms with Crippen molar-refractivity contribution in [3.8, 4) is 0 Å². The molecule has 0 aliphatic carbocycles. The Morgan fingerprint density at radius 3 is 1.48 bits per heavy atom. The van der Waals surface area contributed by atoms with Crippen LogP contribution in [0.5, 0.6) is 0 Å². The van der Waals surface area contributed by atoms with Crippen LogP contribution in [0.1, 0.15) is 0 Å². The van der Waals surface area contributed by atoms with Crippen LogP contribution < -0.4 is 32.7 Å². The zero-order chi connectivity index (χ0) is 19.0. The summed E-state index contributed by atoms with van der Waals surface area (Å²) in [6.07, 6.45) is 2.73. The Morgan fingerprint density at radius 1 is 0.800 bits per heavy atom. The Morgan fingerprint density at radius 2 is 1.16 bits per heavy atom. The Hall–Kier alpha value is -3.96. The fraction of sp³-hybridized carbons (Fsp3) is 0.0769. The van der Waals surface area contributed by atoms with E-state index in [0.29, 0.717) is 0 Å². The highest BCUT2D eigenvalue weighted by molar-refractivity contribution is 5.93. The van der Waals surface area contributed by atoms with Crippen molar-refractivity contribution in [2.75, 3.05) is 16.8 Å². The molecular formula is C13H17N9O3. The van der Waals surface area contributed by atoms with Gasteiger partial charge in [-0.05, 0) is 18.2 Å². The third-order valence-corrected chi connectivity index (χ3v) is 2.46. The highest BCUT2D eigenvalue weighted by Crippen LogP contribution is 2.08. The SMILES string of the molecule is C=CC(=O)NC(NC(=O)C=C)(NC(=O)C=C)Nc1nc(N)nc(N)n1. The molecule has 1 rings (SSSR count). The number of nitrogens with two attached hydrogens (primary N) is 2. The Balaban J connectivity index is 3.36. The van der Waals surface area contributed by atoms with Crippen molar-refractivity contribution in [2.45, 2.75) is 5.91 Å². The zero-order valence-corrected chi connectivity index (χ0v) is 13.1. The highest BCUT2D eigenvalue weighted by atomic mass is 16.2. The Labute approximate surface area is 142 Å². The first-order valence-corrected chi connectivity index (χ1v) is 6.62. The van der Waals surface area contributed by atoms with Crippen molar-refractivity contribution in [1.29, 1.82) is 0 Å². The van der Waals surface area contributed by atoms with Gasteiger partial charge in [-0.25, -0.2) is 0 Å². The lowest BCUT2D eigenvalue weighted by atomic mass is 10.4. The monoisotopic (exact) mass is 347 g/mol. The van der Waals surface area contributed by atoms with E-state index < -0.39 is 23.6 Å². The van der Waals surface area contributed by atoms with Crippen LogP contribution in [0.2, 0.25) is 0 Å². The molecule has 0 spiro atoms. The summed E-state index contributed by atoms with van der Waals surface area (Å²) in [4.78, 5) is 46.4. The number of nitrogens with one attached hydrogen (secondary N) is 4. The van der Waals surface area contributed by atoms with Gasteiger partial charge in [-0.15, -0.1) is 0 Å². The lowest BCUT2D eigenvalue weighted by Crippen LogP contribution is -2.74. The molecule has 0 saturated heterocycles. The molecule has 0 fully saturated rings. The van der Waals surface area contributed by atoms with Gasteiger partial charge >= 0.3 is 0 Å². The van der Waals surface area contributed by atoms with Gasteiger partial charge in [0, 0.05) is 0 Å². The van der Waals surface area contributed by atoms with Gasteiger partial charge in [0.15, 0.2) is 0 Å². The number of aromatic nitrogens is 3. The van der Waals surface area contributed by atoms with Crippen LogP contribution >= 0.6 is 0 Å². The van der Waals surface area contributed by atoms with Crippen LogP contribution in [0.3, 0.4) is 0 Å². The molecule has 1 aromatic heterocycles. The highest BCUT2D eigenvalue weighted by Gasteiger charge is 2.35. The van der Waals surface area contributed by atoms with Gasteiger partial charge in [0.2, 0.25) is 35.6 Å². The number of carbonyl (C=O) groups is 3. The summed E-state index contributed by atoms with van der Waals surface area (Å²) in [5.41, 5.74) is 10.9. The van der Waals surface area contributed by atoms with Crippen molar-refractivity contribution < 1.29 is 14.4 Å². The minimum Gasteiger partial charge on any atom is -0.368 e. The van der Waals surface area contributed by atoms with E-state index >= 15 is 0 Å². The molecule has 3 amide bonds. The van der Waals surface area contributed by atoms with E-state index in [-0.39, 0.29) is 17.8 Å². The number of carbonyl (C=O) groups excluding carboxylic acids is 3. The third kappa shape index (κ3) is 5.63. The van der Waals surface area contributed by atoms with Crippen LogP contribution in [0, 0.1) is 0 Å². The van der Waals surface area contributed by atoms with Crippen LogP contribution in [0.25, 0.3) is 0 Å². The predicted octanol–water partition coefficient (Wildman–Crippen LogP) is -2.03. The average Bonchev–Trinajstić information content (AvgIpc) is 2.53. The van der Waals surface area contributed by atoms with E-state index in [2.05, 4.69) is 56.0 Å². The van der Waals surface area contributed by atoms with E-state index in [1.807, 2.05) is 0 Å². The third-order valence-electron chi connectivity index (χ3n) is 2.46. The molecule has 0 aliphatic heterocycles. The molecule has 12 heteroatoms. The molecule has 12 nitrogen and oxygen atoms in total. The van der Waals surface area contributed by atoms with Gasteiger partial charge in [-0.1, -0.05) is 19.7 Å². The van der Waals surface area contributed by atoms with Gasteiger partial charge < -0.3 is 11.5 Å². The standard InChI is InChI=1S/C13H17N9O3/c1-4-7(23)19-13(20-8(24)5-2,21-9(25)6-3)22-12-17-10(14)16-11(15)18-12/h4-6H,1-3H2,(H,19,23)(H,20,24)(H,21,25)(H5,14,15,16,17,18,22). The second-order valence-electron chi connectivity index (χ2n) is 4.33. The maximum atomic E-state index is 11.8. The molecule has 0 aliphatic rings. The van der Waals surface area contributed by atoms with Crippen molar-refractivity contribution in [2.24, 2.45) is 0 Å². The van der Waals surface area contributed by atoms with Gasteiger partial charge in [-0.2, -0.15) is 15.0 Å². The average molecular weight is 347 g/mol. The number of nitrogens with zero attached hydrogens (tertiary/aromatic N) is 3. The molecule has 0 bridgehead atoms. The molecule has 0 aromatic carbocycles. The second kappa shape index (κ2) is 8.05. The molecule has 25 heavy (non-hydrogen) atoms. The summed E-state index contributed by atoms with van der Waals surface area (Å²) in [5, 5.41) is 9.37. The van der Waals surface area contributed by atoms with Crippen molar-refractivity contribution in [1.82, 2.24) is 30.9 Å². The molecule has 132 valence electrons. The molecule has 0 atom stereocenters. The Bertz CT molecular complexity index is 656. The molecule has 1 aromatic rings. The first-order valence-electron chi connectivity index (χ1n) is 6.62. The van der Waals surface area contributed by atoms with Crippen LogP contribution in [0.15, 0.2) is 38.0 Å². The summed E-state index contributed by atoms with van der Waals surface area (Å²) < 4.78 is 0. The van der Waals surface area contributed by atoms with E-state index in [0.717, 1.165) is 18.2 Å². The number of anilines is 3. The van der Waals surface area contributed by atoms with Crippen LogP contribution in [-0.2, 0) is 14.4 Å². The van der Waals surface area contributed by atoms with E-state index in [9.17, 15) is 14.4 Å². The largest absolute Gasteiger partial charge is 0.368 e. The molecule has 0 saturated carbocycles. The number of nitrogen functional groups attached to an aromatic ring is 2. The molecule has 0 unspecified atom stereocenters. The topological polar surface area (TPSA) is 190 Å². The number of rotatable bonds is 8. The fourth-order valence-corrected chi connectivity index (χ4v) is 1.53. The summed E-state index contributed by atoms with van der Waals surface area (Å²) in [5.74, 6) is -5.04. The number of hydrogen-bond acceptors (Lipinski definition) is 9. The first kappa shape index (κ1) is 19.1.